The van der Waals surface area contributed by atoms with Gasteiger partial charge in [0.2, 0.25) is 11.8 Å². The molecule has 0 saturated carbocycles. The molecule has 0 aliphatic rings. The molecule has 0 saturated heterocycles. The van der Waals surface area contributed by atoms with Crippen LogP contribution in [-0.4, -0.2) is 47.6 Å². The van der Waals surface area contributed by atoms with Gasteiger partial charge in [-0.25, -0.2) is 18.4 Å². The highest BCUT2D eigenvalue weighted by Crippen LogP contribution is 2.35. The highest BCUT2D eigenvalue weighted by atomic mass is 19.3. The number of ether oxygens (including phenoxy) is 3. The van der Waals surface area contributed by atoms with Crippen LogP contribution in [0.25, 0.3) is 22.3 Å². The van der Waals surface area contributed by atoms with Crippen molar-refractivity contribution in [2.75, 3.05) is 0 Å². The van der Waals surface area contributed by atoms with Crippen molar-refractivity contribution in [2.24, 2.45) is 7.05 Å². The fourth-order valence-corrected chi connectivity index (χ4v) is 3.48. The Labute approximate surface area is 213 Å². The van der Waals surface area contributed by atoms with Gasteiger partial charge in [-0.15, -0.1) is 15.3 Å². The highest BCUT2D eigenvalue weighted by molar-refractivity contribution is 5.85. The fraction of sp³-hybridized carbons (Fsp3) is 0.423. The molecule has 0 N–H and O–H groups in total. The first kappa shape index (κ1) is 26.2. The minimum atomic E-state index is -2.77. The summed E-state index contributed by atoms with van der Waals surface area (Å²) >= 11 is 0. The maximum atomic E-state index is 14.0. The molecule has 0 bridgehead atoms. The van der Waals surface area contributed by atoms with Crippen molar-refractivity contribution in [2.45, 2.75) is 65.3 Å². The van der Waals surface area contributed by atoms with Crippen LogP contribution in [0.2, 0.25) is 0 Å². The summed E-state index contributed by atoms with van der Waals surface area (Å²) in [6.45, 7) is 11.3. The van der Waals surface area contributed by atoms with E-state index >= 15 is 0 Å². The first-order valence-electron chi connectivity index (χ1n) is 11.8. The predicted octanol–water partition coefficient (Wildman–Crippen LogP) is 5.56. The van der Waals surface area contributed by atoms with Gasteiger partial charge < -0.3 is 14.2 Å². The summed E-state index contributed by atoms with van der Waals surface area (Å²) in [7, 11) is 1.64. The zero-order valence-corrected chi connectivity index (χ0v) is 21.9. The molecule has 1 aromatic carbocycles. The molecule has 4 aromatic rings. The van der Waals surface area contributed by atoms with Crippen LogP contribution < -0.4 is 14.2 Å². The van der Waals surface area contributed by atoms with Gasteiger partial charge >= 0.3 is 6.01 Å². The standard InChI is InChI=1S/C26H30F2N6O3/c1-25(2,3)36-22-17(14-29-24(30-22)37-26(4,5)6)18-13-16-21(32-31-18)34(7)33-23(16)35-19(20(27)28)15-11-9-8-10-12-15/h8-14,19-20H,1-7H3/t19-/m1/s1. The summed E-state index contributed by atoms with van der Waals surface area (Å²) in [5, 5.41) is 13.3. The third-order valence-electron chi connectivity index (χ3n) is 4.96. The smallest absolute Gasteiger partial charge is 0.320 e. The van der Waals surface area contributed by atoms with Gasteiger partial charge in [0.15, 0.2) is 11.8 Å². The molecule has 1 atom stereocenters. The number of fused-ring (bicyclic) bond motifs is 1. The second-order valence-corrected chi connectivity index (χ2v) is 10.5. The Morgan fingerprint density at radius 1 is 0.892 bits per heavy atom. The predicted molar refractivity (Wildman–Crippen MR) is 134 cm³/mol. The zero-order valence-electron chi connectivity index (χ0n) is 21.9. The van der Waals surface area contributed by atoms with Crippen LogP contribution in [0.5, 0.6) is 17.8 Å². The number of alkyl halides is 2. The molecule has 0 aliphatic carbocycles. The van der Waals surface area contributed by atoms with Crippen molar-refractivity contribution in [3.8, 4) is 29.0 Å². The van der Waals surface area contributed by atoms with Crippen LogP contribution in [0.4, 0.5) is 8.78 Å². The van der Waals surface area contributed by atoms with Crippen LogP contribution >= 0.6 is 0 Å². The highest BCUT2D eigenvalue weighted by Gasteiger charge is 2.28. The maximum Gasteiger partial charge on any atom is 0.320 e. The van der Waals surface area contributed by atoms with Crippen molar-refractivity contribution >= 4 is 11.0 Å². The van der Waals surface area contributed by atoms with E-state index in [2.05, 4.69) is 25.3 Å². The third-order valence-corrected chi connectivity index (χ3v) is 4.96. The molecule has 37 heavy (non-hydrogen) atoms. The van der Waals surface area contributed by atoms with Gasteiger partial charge in [0.05, 0.1) is 10.9 Å². The van der Waals surface area contributed by atoms with Crippen LogP contribution in [0.15, 0.2) is 42.6 Å². The fourth-order valence-electron chi connectivity index (χ4n) is 3.48. The molecular formula is C26H30F2N6O3. The van der Waals surface area contributed by atoms with E-state index in [0.717, 1.165) is 0 Å². The van der Waals surface area contributed by atoms with E-state index in [1.807, 2.05) is 41.5 Å². The van der Waals surface area contributed by atoms with Crippen molar-refractivity contribution in [1.82, 2.24) is 29.9 Å². The van der Waals surface area contributed by atoms with E-state index in [-0.39, 0.29) is 17.8 Å². The summed E-state index contributed by atoms with van der Waals surface area (Å²) in [4.78, 5) is 8.78. The van der Waals surface area contributed by atoms with Crippen LogP contribution in [0.3, 0.4) is 0 Å². The maximum absolute atomic E-state index is 14.0. The lowest BCUT2D eigenvalue weighted by Gasteiger charge is -2.24. The minimum Gasteiger partial charge on any atom is -0.471 e. The van der Waals surface area contributed by atoms with Gasteiger partial charge in [-0.2, -0.15) is 4.98 Å². The molecule has 0 unspecified atom stereocenters. The molecule has 196 valence electrons. The van der Waals surface area contributed by atoms with Crippen LogP contribution in [0, 0.1) is 0 Å². The lowest BCUT2D eigenvalue weighted by Crippen LogP contribution is -2.26. The summed E-state index contributed by atoms with van der Waals surface area (Å²) in [5.41, 5.74) is 0.423. The molecule has 11 heteroatoms. The van der Waals surface area contributed by atoms with E-state index in [9.17, 15) is 8.78 Å². The molecule has 0 aliphatic heterocycles. The monoisotopic (exact) mass is 512 g/mol. The van der Waals surface area contributed by atoms with Gasteiger partial charge in [-0.05, 0) is 53.2 Å². The van der Waals surface area contributed by atoms with Gasteiger partial charge in [0, 0.05) is 13.2 Å². The van der Waals surface area contributed by atoms with E-state index in [1.54, 1.807) is 43.4 Å². The number of hydrogen-bond acceptors (Lipinski definition) is 8. The van der Waals surface area contributed by atoms with E-state index in [0.29, 0.717) is 27.9 Å². The largest absolute Gasteiger partial charge is 0.471 e. The molecule has 3 heterocycles. The molecule has 3 aromatic heterocycles. The Bertz CT molecular complexity index is 1380. The average molecular weight is 513 g/mol. The van der Waals surface area contributed by atoms with Gasteiger partial charge in [0.25, 0.3) is 6.43 Å². The van der Waals surface area contributed by atoms with Crippen molar-refractivity contribution in [3.05, 3.63) is 48.2 Å². The van der Waals surface area contributed by atoms with Gasteiger partial charge in [-0.1, -0.05) is 30.3 Å². The normalized spacial score (nSPS) is 13.1. The Morgan fingerprint density at radius 3 is 2.19 bits per heavy atom. The quantitative estimate of drug-likeness (QED) is 0.318. The number of hydrogen-bond donors (Lipinski definition) is 0. The molecule has 9 nitrogen and oxygen atoms in total. The summed E-state index contributed by atoms with van der Waals surface area (Å²) in [6, 6.07) is 10.1. The lowest BCUT2D eigenvalue weighted by molar-refractivity contribution is 0.00846. The third kappa shape index (κ3) is 6.28. The first-order valence-corrected chi connectivity index (χ1v) is 11.8. The van der Waals surface area contributed by atoms with Crippen molar-refractivity contribution in [1.29, 1.82) is 0 Å². The zero-order chi connectivity index (χ0) is 27.0. The Balaban J connectivity index is 1.78. The second kappa shape index (κ2) is 9.87. The first-order chi connectivity index (χ1) is 17.3. The number of rotatable bonds is 7. The minimum absolute atomic E-state index is 0.00898. The van der Waals surface area contributed by atoms with E-state index in [1.165, 1.54) is 10.9 Å². The lowest BCUT2D eigenvalue weighted by atomic mass is 10.1. The number of aromatic nitrogens is 6. The van der Waals surface area contributed by atoms with Gasteiger partial charge in [-0.3, -0.25) is 0 Å². The van der Waals surface area contributed by atoms with E-state index < -0.39 is 23.7 Å². The molecule has 4 rings (SSSR count). The summed E-state index contributed by atoms with van der Waals surface area (Å²) in [5.74, 6) is 0.256. The van der Waals surface area contributed by atoms with Crippen LogP contribution in [-0.2, 0) is 7.05 Å². The Hall–Kier alpha value is -3.89. The van der Waals surface area contributed by atoms with Crippen molar-refractivity contribution < 1.29 is 23.0 Å². The van der Waals surface area contributed by atoms with Crippen LogP contribution in [0.1, 0.15) is 53.2 Å². The summed E-state index contributed by atoms with van der Waals surface area (Å²) < 4.78 is 47.0. The number of halogens is 2. The molecule has 0 radical (unpaired) electrons. The second-order valence-electron chi connectivity index (χ2n) is 10.5. The average Bonchev–Trinajstić information content (AvgIpc) is 3.10. The topological polar surface area (TPSA) is 97.1 Å². The Kier molecular flexibility index (Phi) is 6.98. The molecule has 0 spiro atoms. The van der Waals surface area contributed by atoms with Crippen molar-refractivity contribution in [3.63, 3.8) is 0 Å². The molecule has 0 amide bonds. The summed E-state index contributed by atoms with van der Waals surface area (Å²) in [6.07, 6.45) is -2.74. The SMILES string of the molecule is Cn1nc(O[C@H](c2ccccc2)C(F)F)c2cc(-c3cnc(OC(C)(C)C)nc3OC(C)(C)C)nnc21. The number of aryl methyl sites for hydroxylation is 1. The molecular weight excluding hydrogens is 482 g/mol. The number of benzene rings is 1. The molecule has 0 fully saturated rings. The van der Waals surface area contributed by atoms with E-state index in [4.69, 9.17) is 14.2 Å². The Morgan fingerprint density at radius 2 is 1.57 bits per heavy atom. The van der Waals surface area contributed by atoms with Gasteiger partial charge in [0.1, 0.15) is 16.9 Å². The number of nitrogens with zero attached hydrogens (tertiary/aromatic N) is 6.